The van der Waals surface area contributed by atoms with Gasteiger partial charge in [0.05, 0.1) is 11.0 Å². The van der Waals surface area contributed by atoms with E-state index in [1.54, 1.807) is 0 Å². The van der Waals surface area contributed by atoms with Crippen LogP contribution in [0.5, 0.6) is 0 Å². The Kier molecular flexibility index (Phi) is 7.80. The molecule has 0 bridgehead atoms. The topological polar surface area (TPSA) is 69.9 Å². The normalized spacial score (nSPS) is 11.8. The van der Waals surface area contributed by atoms with Crippen LogP contribution in [0.3, 0.4) is 0 Å². The summed E-state index contributed by atoms with van der Waals surface area (Å²) in [6, 6.07) is 71.5. The summed E-state index contributed by atoms with van der Waals surface area (Å²) in [4.78, 5) is 15.5. The predicted molar refractivity (Wildman–Crippen MR) is 256 cm³/mol. The Morgan fingerprint density at radius 2 is 0.841 bits per heavy atom. The smallest absolute Gasteiger partial charge is 0.164 e. The van der Waals surface area contributed by atoms with Gasteiger partial charge in [-0.2, -0.15) is 0 Å². The lowest BCUT2D eigenvalue weighted by Gasteiger charge is -2.12. The van der Waals surface area contributed by atoms with E-state index in [2.05, 4.69) is 168 Å². The highest BCUT2D eigenvalue weighted by Gasteiger charge is 2.21. The van der Waals surface area contributed by atoms with Gasteiger partial charge in [-0.15, -0.1) is 0 Å². The van der Waals surface area contributed by atoms with Crippen LogP contribution in [-0.4, -0.2) is 19.5 Å². The fourth-order valence-corrected chi connectivity index (χ4v) is 9.33. The molecule has 4 heterocycles. The molecule has 294 valence electrons. The van der Waals surface area contributed by atoms with Crippen LogP contribution in [0.15, 0.2) is 215 Å². The second-order valence-corrected chi connectivity index (χ2v) is 15.9. The number of fused-ring (bicyclic) bond motifs is 9. The Morgan fingerprint density at radius 3 is 1.60 bits per heavy atom. The Bertz CT molecular complexity index is 3920. The van der Waals surface area contributed by atoms with Crippen LogP contribution in [-0.2, 0) is 0 Å². The second kappa shape index (κ2) is 14.0. The van der Waals surface area contributed by atoms with Crippen LogP contribution in [0, 0.1) is 0 Å². The Morgan fingerprint density at radius 1 is 0.317 bits per heavy atom. The van der Waals surface area contributed by atoms with Crippen molar-refractivity contribution < 1.29 is 8.83 Å². The summed E-state index contributed by atoms with van der Waals surface area (Å²) in [6.45, 7) is 0. The molecule has 0 aliphatic heterocycles. The van der Waals surface area contributed by atoms with Gasteiger partial charge in [0.15, 0.2) is 17.5 Å². The van der Waals surface area contributed by atoms with E-state index in [1.165, 1.54) is 10.8 Å². The summed E-state index contributed by atoms with van der Waals surface area (Å²) in [7, 11) is 0. The van der Waals surface area contributed by atoms with Gasteiger partial charge in [0.1, 0.15) is 22.3 Å². The SMILES string of the molecule is c1ccc(-c2cccc(-c3nc(-c4ccc5oc6ccccc6c5c4)nc(-c4ccc5oc6c(-c7cccc8c9ccccc9n(-c9ccccc9)c78)cccc6c5c4)n3)c2)cc1. The van der Waals surface area contributed by atoms with Crippen molar-refractivity contribution in [2.24, 2.45) is 0 Å². The first-order valence-electron chi connectivity index (χ1n) is 21.1. The van der Waals surface area contributed by atoms with Crippen molar-refractivity contribution >= 4 is 65.7 Å². The molecule has 0 aliphatic carbocycles. The second-order valence-electron chi connectivity index (χ2n) is 15.9. The van der Waals surface area contributed by atoms with Crippen molar-refractivity contribution in [2.45, 2.75) is 0 Å². The molecule has 0 amide bonds. The standard InChI is InChI=1S/C57H34N4O2/c1-3-14-35(15-4-1)36-16-11-17-37(32-36)55-58-56(38-28-30-51-47(33-38)42-21-8-10-27-50(42)62-51)60-57(59-55)39-29-31-52-48(34-39)46-25-13-24-45(54(46)63-52)44-23-12-22-43-41-20-7-9-26-49(41)61(53(43)44)40-18-5-2-6-19-40/h1-34H. The third-order valence-electron chi connectivity index (χ3n) is 12.3. The fourth-order valence-electron chi connectivity index (χ4n) is 9.33. The van der Waals surface area contributed by atoms with Crippen LogP contribution in [0.1, 0.15) is 0 Å². The van der Waals surface area contributed by atoms with Crippen molar-refractivity contribution in [1.29, 1.82) is 0 Å². The van der Waals surface area contributed by atoms with E-state index in [1.807, 2.05) is 42.5 Å². The molecule has 0 saturated heterocycles. The number of benzene rings is 9. The first kappa shape index (κ1) is 35.2. The van der Waals surface area contributed by atoms with Gasteiger partial charge in [0.2, 0.25) is 0 Å². The lowest BCUT2D eigenvalue weighted by Crippen LogP contribution is -2.00. The maximum Gasteiger partial charge on any atom is 0.164 e. The average Bonchev–Trinajstić information content (AvgIpc) is 4.04. The molecule has 13 aromatic rings. The highest BCUT2D eigenvalue weighted by atomic mass is 16.3. The van der Waals surface area contributed by atoms with Crippen molar-refractivity contribution in [3.05, 3.63) is 206 Å². The molecule has 6 heteroatoms. The van der Waals surface area contributed by atoms with Gasteiger partial charge >= 0.3 is 0 Å². The molecule has 0 spiro atoms. The molecule has 0 fully saturated rings. The number of para-hydroxylation sites is 5. The van der Waals surface area contributed by atoms with Gasteiger partial charge in [0, 0.05) is 65.8 Å². The molecule has 13 rings (SSSR count). The van der Waals surface area contributed by atoms with E-state index in [9.17, 15) is 0 Å². The lowest BCUT2D eigenvalue weighted by molar-refractivity contribution is 0.669. The number of furan rings is 2. The molecule has 0 radical (unpaired) electrons. The molecule has 0 N–H and O–H groups in total. The summed E-state index contributed by atoms with van der Waals surface area (Å²) in [5, 5.41) is 6.47. The summed E-state index contributed by atoms with van der Waals surface area (Å²) < 4.78 is 15.4. The van der Waals surface area contributed by atoms with Crippen molar-refractivity contribution in [3.63, 3.8) is 0 Å². The first-order valence-corrected chi connectivity index (χ1v) is 21.1. The molecule has 0 atom stereocenters. The third kappa shape index (κ3) is 5.69. The van der Waals surface area contributed by atoms with E-state index in [-0.39, 0.29) is 0 Å². The number of rotatable bonds is 6. The monoisotopic (exact) mass is 806 g/mol. The van der Waals surface area contributed by atoms with E-state index in [0.717, 1.165) is 99.5 Å². The average molecular weight is 807 g/mol. The van der Waals surface area contributed by atoms with Gasteiger partial charge < -0.3 is 13.4 Å². The van der Waals surface area contributed by atoms with E-state index in [0.29, 0.717) is 17.5 Å². The van der Waals surface area contributed by atoms with Crippen LogP contribution in [0.2, 0.25) is 0 Å². The van der Waals surface area contributed by atoms with E-state index >= 15 is 0 Å². The minimum Gasteiger partial charge on any atom is -0.456 e. The van der Waals surface area contributed by atoms with Gasteiger partial charge in [-0.05, 0) is 77.9 Å². The quantitative estimate of drug-likeness (QED) is 0.167. The van der Waals surface area contributed by atoms with Crippen LogP contribution in [0.25, 0.3) is 128 Å². The molecule has 0 aliphatic rings. The zero-order valence-corrected chi connectivity index (χ0v) is 33.7. The molecule has 63 heavy (non-hydrogen) atoms. The van der Waals surface area contributed by atoms with E-state index < -0.39 is 0 Å². The summed E-state index contributed by atoms with van der Waals surface area (Å²) in [5.41, 5.74) is 13.7. The van der Waals surface area contributed by atoms with Gasteiger partial charge in [-0.3, -0.25) is 0 Å². The molecule has 4 aromatic heterocycles. The maximum absolute atomic E-state index is 6.84. The predicted octanol–water partition coefficient (Wildman–Crippen LogP) is 15.1. The van der Waals surface area contributed by atoms with Crippen LogP contribution >= 0.6 is 0 Å². The van der Waals surface area contributed by atoms with Gasteiger partial charge in [-0.25, -0.2) is 15.0 Å². The molecule has 0 unspecified atom stereocenters. The summed E-state index contributed by atoms with van der Waals surface area (Å²) >= 11 is 0. The highest BCUT2D eigenvalue weighted by molar-refractivity contribution is 6.17. The van der Waals surface area contributed by atoms with E-state index in [4.69, 9.17) is 23.8 Å². The molecular weight excluding hydrogens is 773 g/mol. The number of nitrogens with zero attached hydrogens (tertiary/aromatic N) is 4. The Labute approximate surface area is 361 Å². The van der Waals surface area contributed by atoms with Crippen molar-refractivity contribution in [1.82, 2.24) is 19.5 Å². The van der Waals surface area contributed by atoms with Crippen LogP contribution < -0.4 is 0 Å². The van der Waals surface area contributed by atoms with Gasteiger partial charge in [0.25, 0.3) is 0 Å². The largest absolute Gasteiger partial charge is 0.456 e. The summed E-state index contributed by atoms with van der Waals surface area (Å²) in [6.07, 6.45) is 0. The maximum atomic E-state index is 6.84. The number of hydrogen-bond acceptors (Lipinski definition) is 5. The molecular formula is C57H34N4O2. The molecule has 0 saturated carbocycles. The van der Waals surface area contributed by atoms with Crippen LogP contribution in [0.4, 0.5) is 0 Å². The zero-order valence-electron chi connectivity index (χ0n) is 33.7. The Hall–Kier alpha value is -8.61. The third-order valence-corrected chi connectivity index (χ3v) is 12.3. The van der Waals surface area contributed by atoms with Crippen molar-refractivity contribution in [2.75, 3.05) is 0 Å². The molecule has 6 nitrogen and oxygen atoms in total. The van der Waals surface area contributed by atoms with Gasteiger partial charge in [-0.1, -0.05) is 140 Å². The highest BCUT2D eigenvalue weighted by Crippen LogP contribution is 2.43. The molecule has 9 aromatic carbocycles. The Balaban J connectivity index is 0.995. The number of hydrogen-bond donors (Lipinski definition) is 0. The lowest BCUT2D eigenvalue weighted by atomic mass is 9.99. The zero-order chi connectivity index (χ0) is 41.4. The minimum atomic E-state index is 0.571. The van der Waals surface area contributed by atoms with Crippen molar-refractivity contribution in [3.8, 4) is 62.1 Å². The number of aromatic nitrogens is 4. The minimum absolute atomic E-state index is 0.571. The summed E-state index contributed by atoms with van der Waals surface area (Å²) in [5.74, 6) is 1.74. The fraction of sp³-hybridized carbons (Fsp3) is 0. The first-order chi connectivity index (χ1) is 31.2.